The van der Waals surface area contributed by atoms with Crippen LogP contribution in [0.15, 0.2) is 28.0 Å². The Morgan fingerprint density at radius 2 is 2.25 bits per heavy atom. The molecule has 0 amide bonds. The van der Waals surface area contributed by atoms with Crippen molar-refractivity contribution < 1.29 is 5.11 Å². The van der Waals surface area contributed by atoms with Gasteiger partial charge in [-0.25, -0.2) is 0 Å². The van der Waals surface area contributed by atoms with Gasteiger partial charge >= 0.3 is 0 Å². The van der Waals surface area contributed by atoms with E-state index >= 15 is 0 Å². The van der Waals surface area contributed by atoms with E-state index in [2.05, 4.69) is 6.92 Å². The second-order valence-electron chi connectivity index (χ2n) is 2.87. The molecule has 0 saturated heterocycles. The van der Waals surface area contributed by atoms with Crippen LogP contribution in [0.1, 0.15) is 6.92 Å². The number of hydrogen-bond acceptors (Lipinski definition) is 3. The average Bonchev–Trinajstić information content (AvgIpc) is 2.03. The number of phenols is 1. The van der Waals surface area contributed by atoms with Gasteiger partial charge in [0.15, 0.2) is 0 Å². The van der Waals surface area contributed by atoms with Crippen LogP contribution in [0.5, 0.6) is 5.75 Å². The minimum absolute atomic E-state index is 0.371. The Morgan fingerprint density at radius 3 is 3.08 bits per heavy atom. The molecule has 1 aliphatic heterocycles. The molecule has 0 spiro atoms. The summed E-state index contributed by atoms with van der Waals surface area (Å²) in [5.41, 5.74) is 0. The van der Waals surface area contributed by atoms with Crippen LogP contribution in [0.3, 0.4) is 0 Å². The van der Waals surface area contributed by atoms with Crippen LogP contribution in [-0.2, 0) is 0 Å². The lowest BCUT2D eigenvalue weighted by Gasteiger charge is -2.19. The van der Waals surface area contributed by atoms with Crippen LogP contribution in [0.2, 0.25) is 0 Å². The van der Waals surface area contributed by atoms with Gasteiger partial charge in [0.25, 0.3) is 0 Å². The molecule has 1 heterocycles. The number of rotatable bonds is 0. The summed E-state index contributed by atoms with van der Waals surface area (Å²) in [6, 6.07) is 5.60. The van der Waals surface area contributed by atoms with Gasteiger partial charge in [0.05, 0.1) is 0 Å². The number of benzene rings is 1. The van der Waals surface area contributed by atoms with E-state index in [1.165, 1.54) is 15.5 Å². The Bertz CT molecular complexity index is 299. The van der Waals surface area contributed by atoms with Gasteiger partial charge in [-0.05, 0) is 18.2 Å². The van der Waals surface area contributed by atoms with Crippen molar-refractivity contribution in [1.82, 2.24) is 0 Å². The minimum Gasteiger partial charge on any atom is -0.508 e. The first-order valence-corrected chi connectivity index (χ1v) is 5.75. The summed E-state index contributed by atoms with van der Waals surface area (Å²) in [7, 11) is 0. The second kappa shape index (κ2) is 3.23. The van der Waals surface area contributed by atoms with Crippen LogP contribution in [0.4, 0.5) is 0 Å². The lowest BCUT2D eigenvalue weighted by atomic mass is 10.3. The molecule has 0 radical (unpaired) electrons. The Kier molecular flexibility index (Phi) is 2.24. The minimum atomic E-state index is 0.371. The fraction of sp³-hybridized carbons (Fsp3) is 0.333. The van der Waals surface area contributed by atoms with E-state index < -0.39 is 0 Å². The maximum Gasteiger partial charge on any atom is 0.116 e. The number of fused-ring (bicyclic) bond motifs is 1. The van der Waals surface area contributed by atoms with Gasteiger partial charge < -0.3 is 5.11 Å². The van der Waals surface area contributed by atoms with E-state index in [0.717, 1.165) is 0 Å². The van der Waals surface area contributed by atoms with Crippen molar-refractivity contribution in [3.63, 3.8) is 0 Å². The quantitative estimate of drug-likeness (QED) is 0.692. The van der Waals surface area contributed by atoms with E-state index in [1.807, 2.05) is 35.7 Å². The van der Waals surface area contributed by atoms with Gasteiger partial charge in [0, 0.05) is 20.8 Å². The summed E-state index contributed by atoms with van der Waals surface area (Å²) in [6.07, 6.45) is 0. The predicted molar refractivity (Wildman–Crippen MR) is 54.1 cm³/mol. The Balaban J connectivity index is 2.37. The monoisotopic (exact) mass is 198 g/mol. The Hall–Kier alpha value is -0.280. The summed E-state index contributed by atoms with van der Waals surface area (Å²) < 4.78 is 0. The van der Waals surface area contributed by atoms with Crippen molar-refractivity contribution in [1.29, 1.82) is 0 Å². The molecule has 1 nitrogen and oxygen atoms in total. The van der Waals surface area contributed by atoms with Crippen LogP contribution in [0, 0.1) is 0 Å². The molecule has 0 aliphatic carbocycles. The standard InChI is InChI=1S/C9H10OS2/c1-6-5-11-8-3-2-7(10)4-9(8)12-6/h2-4,6,10H,5H2,1H3/t6-/m1/s1. The van der Waals surface area contributed by atoms with Crippen molar-refractivity contribution in [2.24, 2.45) is 0 Å². The molecule has 12 heavy (non-hydrogen) atoms. The summed E-state index contributed by atoms with van der Waals surface area (Å²) in [6.45, 7) is 2.21. The van der Waals surface area contributed by atoms with E-state index in [1.54, 1.807) is 6.07 Å². The number of phenolic OH excluding ortho intramolecular Hbond substituents is 1. The molecule has 0 saturated carbocycles. The van der Waals surface area contributed by atoms with Gasteiger partial charge in [-0.2, -0.15) is 0 Å². The first kappa shape index (κ1) is 8.32. The maximum atomic E-state index is 9.25. The van der Waals surface area contributed by atoms with Crippen LogP contribution >= 0.6 is 23.5 Å². The first-order valence-electron chi connectivity index (χ1n) is 3.88. The lowest BCUT2D eigenvalue weighted by Crippen LogP contribution is -2.04. The first-order chi connectivity index (χ1) is 5.75. The van der Waals surface area contributed by atoms with Crippen LogP contribution in [0.25, 0.3) is 0 Å². The predicted octanol–water partition coefficient (Wildman–Crippen LogP) is 2.98. The van der Waals surface area contributed by atoms with Crippen molar-refractivity contribution in [2.45, 2.75) is 22.0 Å². The second-order valence-corrected chi connectivity index (χ2v) is 5.41. The maximum absolute atomic E-state index is 9.25. The molecule has 0 aromatic heterocycles. The molecule has 3 heteroatoms. The van der Waals surface area contributed by atoms with Crippen LogP contribution in [-0.4, -0.2) is 16.1 Å². The zero-order valence-corrected chi connectivity index (χ0v) is 8.41. The van der Waals surface area contributed by atoms with Gasteiger partial charge in [-0.3, -0.25) is 0 Å². The van der Waals surface area contributed by atoms with E-state index in [-0.39, 0.29) is 0 Å². The van der Waals surface area contributed by atoms with E-state index in [9.17, 15) is 5.11 Å². The van der Waals surface area contributed by atoms with Gasteiger partial charge in [-0.1, -0.05) is 6.92 Å². The number of aromatic hydroxyl groups is 1. The summed E-state index contributed by atoms with van der Waals surface area (Å²) >= 11 is 3.72. The highest BCUT2D eigenvalue weighted by Crippen LogP contribution is 2.41. The average molecular weight is 198 g/mol. The van der Waals surface area contributed by atoms with Crippen LogP contribution < -0.4 is 0 Å². The van der Waals surface area contributed by atoms with Crippen molar-refractivity contribution in [3.05, 3.63) is 18.2 Å². The summed E-state index contributed by atoms with van der Waals surface area (Å²) in [4.78, 5) is 2.52. The molecule has 0 unspecified atom stereocenters. The number of hydrogen-bond donors (Lipinski definition) is 1. The smallest absolute Gasteiger partial charge is 0.116 e. The molecule has 1 N–H and O–H groups in total. The fourth-order valence-electron chi connectivity index (χ4n) is 1.17. The molecule has 2 rings (SSSR count). The SMILES string of the molecule is C[C@@H]1CSc2ccc(O)cc2S1. The van der Waals surface area contributed by atoms with E-state index in [4.69, 9.17) is 0 Å². The molecule has 0 fully saturated rings. The zero-order chi connectivity index (χ0) is 8.55. The third-order valence-electron chi connectivity index (χ3n) is 1.73. The third-order valence-corrected chi connectivity index (χ3v) is 4.56. The molecule has 0 bridgehead atoms. The van der Waals surface area contributed by atoms with Crippen molar-refractivity contribution >= 4 is 23.5 Å². The highest BCUT2D eigenvalue weighted by Gasteiger charge is 2.15. The number of thioether (sulfide) groups is 2. The van der Waals surface area contributed by atoms with E-state index in [0.29, 0.717) is 11.0 Å². The highest BCUT2D eigenvalue weighted by molar-refractivity contribution is 8.06. The zero-order valence-electron chi connectivity index (χ0n) is 6.78. The van der Waals surface area contributed by atoms with Crippen molar-refractivity contribution in [2.75, 3.05) is 5.75 Å². The molecular formula is C9H10OS2. The topological polar surface area (TPSA) is 20.2 Å². The molecule has 1 atom stereocenters. The normalized spacial score (nSPS) is 21.9. The Morgan fingerprint density at radius 1 is 1.42 bits per heavy atom. The molecule has 64 valence electrons. The molecular weight excluding hydrogens is 188 g/mol. The Labute approximate surface area is 80.6 Å². The van der Waals surface area contributed by atoms with Gasteiger partial charge in [0.2, 0.25) is 0 Å². The third kappa shape index (κ3) is 1.57. The van der Waals surface area contributed by atoms with Gasteiger partial charge in [-0.15, -0.1) is 23.5 Å². The largest absolute Gasteiger partial charge is 0.508 e. The lowest BCUT2D eigenvalue weighted by molar-refractivity contribution is 0.473. The van der Waals surface area contributed by atoms with Gasteiger partial charge in [0.1, 0.15) is 5.75 Å². The molecule has 1 aromatic carbocycles. The molecule has 1 aliphatic rings. The highest BCUT2D eigenvalue weighted by atomic mass is 32.2. The summed E-state index contributed by atoms with van der Waals surface area (Å²) in [5, 5.41) is 9.91. The fourth-order valence-corrected chi connectivity index (χ4v) is 3.55. The van der Waals surface area contributed by atoms with Crippen molar-refractivity contribution in [3.8, 4) is 5.75 Å². The summed E-state index contributed by atoms with van der Waals surface area (Å²) in [5.74, 6) is 1.54. The molecule has 1 aromatic rings.